The SMILES string of the molecule is CCc1nc2n(n1)CC(NCCC(=O)Nc1cc(C)on1)CC2. The average Bonchev–Trinajstić information content (AvgIpc) is 3.12. The third kappa shape index (κ3) is 3.95. The van der Waals surface area contributed by atoms with E-state index < -0.39 is 0 Å². The van der Waals surface area contributed by atoms with Crippen molar-refractivity contribution in [3.8, 4) is 0 Å². The predicted molar refractivity (Wildman–Crippen MR) is 84.0 cm³/mol. The van der Waals surface area contributed by atoms with Crippen molar-refractivity contribution in [1.82, 2.24) is 25.2 Å². The van der Waals surface area contributed by atoms with Gasteiger partial charge < -0.3 is 15.2 Å². The van der Waals surface area contributed by atoms with Gasteiger partial charge in [-0.15, -0.1) is 0 Å². The van der Waals surface area contributed by atoms with Crippen LogP contribution in [0, 0.1) is 6.92 Å². The minimum absolute atomic E-state index is 0.0728. The molecule has 1 aliphatic heterocycles. The normalized spacial score (nSPS) is 17.0. The van der Waals surface area contributed by atoms with Crippen LogP contribution in [0.2, 0.25) is 0 Å². The van der Waals surface area contributed by atoms with Gasteiger partial charge in [-0.2, -0.15) is 5.10 Å². The highest BCUT2D eigenvalue weighted by molar-refractivity contribution is 5.89. The second-order valence-corrected chi connectivity index (χ2v) is 5.79. The van der Waals surface area contributed by atoms with Gasteiger partial charge in [0.05, 0.1) is 6.54 Å². The molecule has 0 aromatic carbocycles. The van der Waals surface area contributed by atoms with Crippen LogP contribution in [0.4, 0.5) is 5.82 Å². The Morgan fingerprint density at radius 2 is 2.39 bits per heavy atom. The van der Waals surface area contributed by atoms with Crippen molar-refractivity contribution in [1.29, 1.82) is 0 Å². The van der Waals surface area contributed by atoms with Crippen LogP contribution in [-0.2, 0) is 24.2 Å². The summed E-state index contributed by atoms with van der Waals surface area (Å²) in [6.07, 6.45) is 3.20. The highest BCUT2D eigenvalue weighted by Crippen LogP contribution is 2.13. The van der Waals surface area contributed by atoms with Crippen LogP contribution < -0.4 is 10.6 Å². The minimum Gasteiger partial charge on any atom is -0.360 e. The van der Waals surface area contributed by atoms with Gasteiger partial charge in [-0.1, -0.05) is 12.1 Å². The van der Waals surface area contributed by atoms with E-state index in [1.54, 1.807) is 13.0 Å². The molecule has 0 aliphatic carbocycles. The molecule has 2 N–H and O–H groups in total. The Morgan fingerprint density at radius 3 is 3.13 bits per heavy atom. The molecule has 3 rings (SSSR count). The number of aromatic nitrogens is 4. The lowest BCUT2D eigenvalue weighted by Crippen LogP contribution is -2.39. The number of hydrogen-bond donors (Lipinski definition) is 2. The molecular weight excluding hydrogens is 296 g/mol. The van der Waals surface area contributed by atoms with Gasteiger partial charge in [0.1, 0.15) is 11.6 Å². The Balaban J connectivity index is 1.41. The van der Waals surface area contributed by atoms with Crippen LogP contribution in [0.1, 0.15) is 37.2 Å². The van der Waals surface area contributed by atoms with Gasteiger partial charge in [-0.25, -0.2) is 9.67 Å². The minimum atomic E-state index is -0.0728. The van der Waals surface area contributed by atoms with E-state index in [-0.39, 0.29) is 5.91 Å². The number of carbonyl (C=O) groups excluding carboxylic acids is 1. The number of nitrogens with zero attached hydrogens (tertiary/aromatic N) is 4. The lowest BCUT2D eigenvalue weighted by Gasteiger charge is -2.23. The van der Waals surface area contributed by atoms with E-state index in [0.29, 0.717) is 30.6 Å². The molecule has 8 heteroatoms. The molecule has 0 fully saturated rings. The zero-order chi connectivity index (χ0) is 16.2. The van der Waals surface area contributed by atoms with Gasteiger partial charge in [0.15, 0.2) is 11.6 Å². The molecule has 3 heterocycles. The Bertz CT molecular complexity index is 677. The summed E-state index contributed by atoms with van der Waals surface area (Å²) in [7, 11) is 0. The van der Waals surface area contributed by atoms with Crippen molar-refractivity contribution in [3.63, 3.8) is 0 Å². The van der Waals surface area contributed by atoms with Crippen LogP contribution in [0.3, 0.4) is 0 Å². The summed E-state index contributed by atoms with van der Waals surface area (Å²) in [6, 6.07) is 2.03. The summed E-state index contributed by atoms with van der Waals surface area (Å²) >= 11 is 0. The van der Waals surface area contributed by atoms with E-state index in [2.05, 4.69) is 32.8 Å². The van der Waals surface area contributed by atoms with Crippen LogP contribution >= 0.6 is 0 Å². The number of aryl methyl sites for hydroxylation is 3. The van der Waals surface area contributed by atoms with Crippen molar-refractivity contribution < 1.29 is 9.32 Å². The number of rotatable bonds is 6. The Morgan fingerprint density at radius 1 is 1.52 bits per heavy atom. The maximum atomic E-state index is 11.8. The topological polar surface area (TPSA) is 97.9 Å². The maximum Gasteiger partial charge on any atom is 0.226 e. The average molecular weight is 318 g/mol. The number of fused-ring (bicyclic) bond motifs is 1. The monoisotopic (exact) mass is 318 g/mol. The zero-order valence-corrected chi connectivity index (χ0v) is 13.5. The van der Waals surface area contributed by atoms with E-state index in [1.165, 1.54) is 0 Å². The van der Waals surface area contributed by atoms with Crippen molar-refractivity contribution in [2.24, 2.45) is 0 Å². The Hall–Kier alpha value is -2.22. The first-order chi connectivity index (χ1) is 11.1. The van der Waals surface area contributed by atoms with Gasteiger partial charge in [0.25, 0.3) is 0 Å². The molecule has 0 saturated carbocycles. The molecule has 0 saturated heterocycles. The fourth-order valence-corrected chi connectivity index (χ4v) is 2.70. The highest BCUT2D eigenvalue weighted by atomic mass is 16.5. The number of hydrogen-bond acceptors (Lipinski definition) is 6. The number of nitrogens with one attached hydrogen (secondary N) is 2. The summed E-state index contributed by atoms with van der Waals surface area (Å²) in [5.41, 5.74) is 0. The van der Waals surface area contributed by atoms with E-state index in [4.69, 9.17) is 4.52 Å². The zero-order valence-electron chi connectivity index (χ0n) is 13.5. The third-order valence-corrected chi connectivity index (χ3v) is 3.90. The van der Waals surface area contributed by atoms with Crippen LogP contribution in [0.15, 0.2) is 10.6 Å². The second kappa shape index (κ2) is 6.91. The van der Waals surface area contributed by atoms with Crippen molar-refractivity contribution in [2.75, 3.05) is 11.9 Å². The molecule has 0 bridgehead atoms. The van der Waals surface area contributed by atoms with E-state index in [1.807, 2.05) is 4.68 Å². The van der Waals surface area contributed by atoms with Gasteiger partial charge in [0.2, 0.25) is 5.91 Å². The standard InChI is InChI=1S/C15H22N6O2/c1-3-12-17-14-5-4-11(9-21(14)19-12)16-7-6-15(22)18-13-8-10(2)23-20-13/h8,11,16H,3-7,9H2,1-2H3,(H,18,20,22). The molecule has 1 amide bonds. The van der Waals surface area contributed by atoms with E-state index in [9.17, 15) is 4.79 Å². The third-order valence-electron chi connectivity index (χ3n) is 3.90. The molecule has 2 aromatic rings. The summed E-state index contributed by atoms with van der Waals surface area (Å²) in [6.45, 7) is 5.28. The maximum absolute atomic E-state index is 11.8. The smallest absolute Gasteiger partial charge is 0.226 e. The largest absolute Gasteiger partial charge is 0.360 e. The molecule has 1 atom stereocenters. The van der Waals surface area contributed by atoms with Crippen LogP contribution in [-0.4, -0.2) is 38.4 Å². The van der Waals surface area contributed by atoms with Crippen LogP contribution in [0.25, 0.3) is 0 Å². The lowest BCUT2D eigenvalue weighted by molar-refractivity contribution is -0.116. The molecule has 0 spiro atoms. The van der Waals surface area contributed by atoms with Crippen molar-refractivity contribution in [2.45, 2.75) is 52.1 Å². The van der Waals surface area contributed by atoms with Crippen LogP contribution in [0.5, 0.6) is 0 Å². The first kappa shape index (κ1) is 15.7. The van der Waals surface area contributed by atoms with Crippen molar-refractivity contribution in [3.05, 3.63) is 23.5 Å². The summed E-state index contributed by atoms with van der Waals surface area (Å²) in [5, 5.41) is 14.4. The van der Waals surface area contributed by atoms with Gasteiger partial charge in [-0.05, 0) is 13.3 Å². The van der Waals surface area contributed by atoms with E-state index in [0.717, 1.165) is 37.5 Å². The predicted octanol–water partition coefficient (Wildman–Crippen LogP) is 1.07. The first-order valence-corrected chi connectivity index (χ1v) is 8.03. The molecule has 23 heavy (non-hydrogen) atoms. The molecule has 1 unspecified atom stereocenters. The van der Waals surface area contributed by atoms with Gasteiger partial charge >= 0.3 is 0 Å². The molecule has 0 radical (unpaired) electrons. The van der Waals surface area contributed by atoms with E-state index >= 15 is 0 Å². The Labute approximate surface area is 134 Å². The quantitative estimate of drug-likeness (QED) is 0.827. The fourth-order valence-electron chi connectivity index (χ4n) is 2.70. The fraction of sp³-hybridized carbons (Fsp3) is 0.600. The Kier molecular flexibility index (Phi) is 4.71. The molecule has 2 aromatic heterocycles. The first-order valence-electron chi connectivity index (χ1n) is 8.03. The lowest BCUT2D eigenvalue weighted by atomic mass is 10.1. The van der Waals surface area contributed by atoms with Crippen molar-refractivity contribution >= 4 is 11.7 Å². The van der Waals surface area contributed by atoms with Gasteiger partial charge in [-0.3, -0.25) is 4.79 Å². The number of anilines is 1. The van der Waals surface area contributed by atoms with Gasteiger partial charge in [0, 0.05) is 37.9 Å². The number of carbonyl (C=O) groups is 1. The second-order valence-electron chi connectivity index (χ2n) is 5.79. The summed E-state index contributed by atoms with van der Waals surface area (Å²) in [4.78, 5) is 16.3. The highest BCUT2D eigenvalue weighted by Gasteiger charge is 2.21. The molecule has 1 aliphatic rings. The molecule has 8 nitrogen and oxygen atoms in total. The summed E-state index contributed by atoms with van der Waals surface area (Å²) < 4.78 is 6.90. The molecular formula is C15H22N6O2. The molecule has 124 valence electrons. The number of amides is 1. The summed E-state index contributed by atoms with van der Waals surface area (Å²) in [5.74, 6) is 3.04.